The zero-order valence-electron chi connectivity index (χ0n) is 16.7. The van der Waals surface area contributed by atoms with Gasteiger partial charge in [-0.1, -0.05) is 36.1 Å². The van der Waals surface area contributed by atoms with Gasteiger partial charge in [0.25, 0.3) is 5.91 Å². The van der Waals surface area contributed by atoms with Crippen molar-refractivity contribution < 1.29 is 18.7 Å². The number of halogens is 1. The maximum Gasteiger partial charge on any atom is 0.268 e. The number of aliphatic hydroxyl groups is 1. The van der Waals surface area contributed by atoms with Gasteiger partial charge in [0.15, 0.2) is 11.4 Å². The Hall–Kier alpha value is -4.09. The third kappa shape index (κ3) is 3.99. The van der Waals surface area contributed by atoms with Crippen LogP contribution >= 0.6 is 0 Å². The molecule has 1 amide bonds. The van der Waals surface area contributed by atoms with E-state index >= 15 is 0 Å². The number of carbonyl (C=O) groups excluding carboxylic acids is 1. The molecular weight excluding hydrogens is 399 g/mol. The topological polar surface area (TPSA) is 115 Å². The fourth-order valence-corrected chi connectivity index (χ4v) is 3.00. The molecular formula is C23H17FN4O3. The van der Waals surface area contributed by atoms with Crippen LogP contribution in [0.25, 0.3) is 22.3 Å². The molecule has 2 heterocycles. The van der Waals surface area contributed by atoms with Crippen LogP contribution in [-0.2, 0) is 5.60 Å². The fraction of sp³-hybridized carbons (Fsp3) is 0.130. The number of para-hydroxylation sites is 1. The van der Waals surface area contributed by atoms with E-state index in [4.69, 9.17) is 10.2 Å². The molecule has 31 heavy (non-hydrogen) atoms. The Labute approximate surface area is 176 Å². The van der Waals surface area contributed by atoms with E-state index in [9.17, 15) is 14.3 Å². The van der Waals surface area contributed by atoms with Crippen LogP contribution in [0.15, 0.2) is 53.1 Å². The van der Waals surface area contributed by atoms with Crippen molar-refractivity contribution in [2.45, 2.75) is 19.4 Å². The highest BCUT2D eigenvalue weighted by Gasteiger charge is 2.26. The molecule has 0 spiro atoms. The molecule has 8 heteroatoms. The second-order valence-electron chi connectivity index (χ2n) is 7.08. The summed E-state index contributed by atoms with van der Waals surface area (Å²) in [5.74, 6) is 5.00. The molecule has 0 aliphatic carbocycles. The van der Waals surface area contributed by atoms with Gasteiger partial charge in [0.05, 0.1) is 6.20 Å². The third-order valence-corrected chi connectivity index (χ3v) is 4.52. The van der Waals surface area contributed by atoms with Crippen molar-refractivity contribution in [1.29, 1.82) is 0 Å². The average molecular weight is 416 g/mol. The molecule has 0 radical (unpaired) electrons. The number of fused-ring (bicyclic) bond motifs is 1. The maximum absolute atomic E-state index is 14.3. The van der Waals surface area contributed by atoms with Crippen molar-refractivity contribution in [2.24, 2.45) is 5.73 Å². The van der Waals surface area contributed by atoms with Gasteiger partial charge in [-0.3, -0.25) is 4.79 Å². The van der Waals surface area contributed by atoms with Gasteiger partial charge in [0.1, 0.15) is 22.8 Å². The predicted molar refractivity (Wildman–Crippen MR) is 111 cm³/mol. The Bertz CT molecular complexity index is 1380. The molecule has 3 N–H and O–H groups in total. The highest BCUT2D eigenvalue weighted by Crippen LogP contribution is 2.24. The van der Waals surface area contributed by atoms with E-state index in [1.54, 1.807) is 31.2 Å². The molecule has 0 bridgehead atoms. The van der Waals surface area contributed by atoms with Crippen LogP contribution in [0.4, 0.5) is 4.39 Å². The first kappa shape index (κ1) is 20.2. The molecule has 0 aliphatic rings. The minimum absolute atomic E-state index is 0.0000147. The number of oxazole rings is 1. The van der Waals surface area contributed by atoms with Crippen LogP contribution in [0.3, 0.4) is 0 Å². The standard InChI is InChI=1S/C23H17FN4O3/c1-13-12-26-22(31-13)23(2,30)10-9-14-5-3-6-15(11-14)21-27-18-16(7-4-8-17(18)24)19(28-21)20(25)29/h3-8,11-12,30H,1-2H3,(H2,25,29). The van der Waals surface area contributed by atoms with E-state index in [1.807, 2.05) is 0 Å². The molecule has 2 aromatic carbocycles. The van der Waals surface area contributed by atoms with Gasteiger partial charge >= 0.3 is 0 Å². The number of primary amides is 1. The molecule has 2 aromatic heterocycles. The minimum Gasteiger partial charge on any atom is -0.442 e. The number of hydrogen-bond acceptors (Lipinski definition) is 6. The quantitative estimate of drug-likeness (QED) is 0.496. The van der Waals surface area contributed by atoms with Gasteiger partial charge in [0.2, 0.25) is 5.89 Å². The molecule has 4 rings (SSSR count). The number of amides is 1. The lowest BCUT2D eigenvalue weighted by Crippen LogP contribution is -2.18. The van der Waals surface area contributed by atoms with Crippen LogP contribution in [0, 0.1) is 24.6 Å². The lowest BCUT2D eigenvalue weighted by molar-refractivity contribution is 0.0882. The summed E-state index contributed by atoms with van der Waals surface area (Å²) >= 11 is 0. The van der Waals surface area contributed by atoms with Crippen LogP contribution in [0.5, 0.6) is 0 Å². The molecule has 0 aliphatic heterocycles. The molecule has 1 atom stereocenters. The largest absolute Gasteiger partial charge is 0.442 e. The van der Waals surface area contributed by atoms with Gasteiger partial charge in [-0.25, -0.2) is 19.3 Å². The molecule has 7 nitrogen and oxygen atoms in total. The molecule has 4 aromatic rings. The van der Waals surface area contributed by atoms with E-state index in [1.165, 1.54) is 31.3 Å². The maximum atomic E-state index is 14.3. The lowest BCUT2D eigenvalue weighted by Gasteiger charge is -2.11. The van der Waals surface area contributed by atoms with Crippen molar-refractivity contribution in [3.63, 3.8) is 0 Å². The van der Waals surface area contributed by atoms with Gasteiger partial charge in [0, 0.05) is 16.5 Å². The van der Waals surface area contributed by atoms with Gasteiger partial charge in [-0.15, -0.1) is 0 Å². The van der Waals surface area contributed by atoms with Crippen molar-refractivity contribution >= 4 is 16.8 Å². The normalized spacial score (nSPS) is 12.8. The number of benzene rings is 2. The van der Waals surface area contributed by atoms with Gasteiger partial charge < -0.3 is 15.3 Å². The SMILES string of the molecule is Cc1cnc(C(C)(O)C#Cc2cccc(-c3nc(C(N)=O)c4cccc(F)c4n3)c2)o1. The van der Waals surface area contributed by atoms with Crippen LogP contribution < -0.4 is 5.73 Å². The number of aryl methyl sites for hydroxylation is 1. The van der Waals surface area contributed by atoms with E-state index < -0.39 is 17.3 Å². The molecule has 1 unspecified atom stereocenters. The van der Waals surface area contributed by atoms with E-state index in [0.717, 1.165) is 0 Å². The summed E-state index contributed by atoms with van der Waals surface area (Å²) in [7, 11) is 0. The Morgan fingerprint density at radius 1 is 1.23 bits per heavy atom. The van der Waals surface area contributed by atoms with Crippen molar-refractivity contribution in [3.8, 4) is 23.2 Å². The first-order valence-electron chi connectivity index (χ1n) is 9.29. The highest BCUT2D eigenvalue weighted by atomic mass is 19.1. The molecule has 0 saturated carbocycles. The first-order valence-corrected chi connectivity index (χ1v) is 9.29. The molecule has 0 saturated heterocycles. The Kier molecular flexibility index (Phi) is 4.97. The number of nitrogens with two attached hydrogens (primary N) is 1. The summed E-state index contributed by atoms with van der Waals surface area (Å²) in [6.07, 6.45) is 1.50. The Morgan fingerprint density at radius 3 is 2.71 bits per heavy atom. The number of rotatable bonds is 3. The summed E-state index contributed by atoms with van der Waals surface area (Å²) in [6, 6.07) is 11.1. The zero-order valence-corrected chi connectivity index (χ0v) is 16.7. The Balaban J connectivity index is 1.77. The van der Waals surface area contributed by atoms with Gasteiger partial charge in [-0.2, -0.15) is 0 Å². The minimum atomic E-state index is -1.59. The van der Waals surface area contributed by atoms with E-state index in [0.29, 0.717) is 16.9 Å². The monoisotopic (exact) mass is 416 g/mol. The number of aromatic nitrogens is 3. The van der Waals surface area contributed by atoms with E-state index in [-0.39, 0.29) is 28.3 Å². The van der Waals surface area contributed by atoms with Crippen molar-refractivity contribution in [2.75, 3.05) is 0 Å². The number of carbonyl (C=O) groups is 1. The second kappa shape index (κ2) is 7.63. The second-order valence-corrected chi connectivity index (χ2v) is 7.08. The van der Waals surface area contributed by atoms with Gasteiger partial charge in [-0.05, 0) is 32.0 Å². The summed E-state index contributed by atoms with van der Waals surface area (Å²) in [5, 5.41) is 10.8. The number of hydrogen-bond donors (Lipinski definition) is 2. The first-order chi connectivity index (χ1) is 14.7. The van der Waals surface area contributed by atoms with Crippen molar-refractivity contribution in [3.05, 3.63) is 77.4 Å². The summed E-state index contributed by atoms with van der Waals surface area (Å²) in [6.45, 7) is 3.19. The van der Waals surface area contributed by atoms with Crippen LogP contribution in [0.1, 0.15) is 34.6 Å². The summed E-state index contributed by atoms with van der Waals surface area (Å²) < 4.78 is 19.7. The Morgan fingerprint density at radius 2 is 2.00 bits per heavy atom. The predicted octanol–water partition coefficient (Wildman–Crippen LogP) is 3.09. The van der Waals surface area contributed by atoms with Crippen LogP contribution in [-0.4, -0.2) is 26.0 Å². The molecule has 154 valence electrons. The smallest absolute Gasteiger partial charge is 0.268 e. The third-order valence-electron chi connectivity index (χ3n) is 4.52. The summed E-state index contributed by atoms with van der Waals surface area (Å²) in [4.78, 5) is 24.4. The number of nitrogens with zero attached hydrogens (tertiary/aromatic N) is 3. The summed E-state index contributed by atoms with van der Waals surface area (Å²) in [5.41, 5.74) is 4.83. The van der Waals surface area contributed by atoms with Crippen molar-refractivity contribution in [1.82, 2.24) is 15.0 Å². The van der Waals surface area contributed by atoms with Crippen LogP contribution in [0.2, 0.25) is 0 Å². The lowest BCUT2D eigenvalue weighted by atomic mass is 10.1. The zero-order chi connectivity index (χ0) is 22.2. The molecule has 0 fully saturated rings. The fourth-order valence-electron chi connectivity index (χ4n) is 3.00. The average Bonchev–Trinajstić information content (AvgIpc) is 3.19. The highest BCUT2D eigenvalue weighted by molar-refractivity contribution is 6.04. The van der Waals surface area contributed by atoms with E-state index in [2.05, 4.69) is 26.8 Å².